The zero-order valence-corrected chi connectivity index (χ0v) is 9.58. The number of aromatic nitrogens is 2. The highest BCUT2D eigenvalue weighted by atomic mass is 35.5. The number of nitrogens with one attached hydrogen (secondary N) is 1. The van der Waals surface area contributed by atoms with E-state index in [-0.39, 0.29) is 18.2 Å². The molecule has 0 amide bonds. The van der Waals surface area contributed by atoms with Gasteiger partial charge >= 0.3 is 0 Å². The summed E-state index contributed by atoms with van der Waals surface area (Å²) in [6, 6.07) is 0.962. The van der Waals surface area contributed by atoms with Crippen molar-refractivity contribution in [2.75, 3.05) is 18.0 Å². The topological polar surface area (TPSA) is 41.1 Å². The zero-order chi connectivity index (χ0) is 10.3. The molecule has 2 unspecified atom stereocenters. The van der Waals surface area contributed by atoms with Gasteiger partial charge < -0.3 is 10.2 Å². The molecule has 0 saturated carbocycles. The lowest BCUT2D eigenvalue weighted by Crippen LogP contribution is -2.52. The molecule has 1 aromatic rings. The van der Waals surface area contributed by atoms with Gasteiger partial charge in [0.15, 0.2) is 5.82 Å². The standard InChI is InChI=1S/C10H13FN4.ClH/c11-7-3-13-10(14-4-7)15-8-1-2-9(15)6-12-5-8;/h3-4,8-9,12H,1-2,5-6H2;1H. The van der Waals surface area contributed by atoms with Crippen LogP contribution >= 0.6 is 12.4 Å². The van der Waals surface area contributed by atoms with Crippen molar-refractivity contribution in [3.05, 3.63) is 18.2 Å². The van der Waals surface area contributed by atoms with Gasteiger partial charge in [-0.1, -0.05) is 0 Å². The van der Waals surface area contributed by atoms with Crippen LogP contribution in [0, 0.1) is 5.82 Å². The summed E-state index contributed by atoms with van der Waals surface area (Å²) in [5.74, 6) is 0.298. The first kappa shape index (κ1) is 11.5. The average molecular weight is 245 g/mol. The van der Waals surface area contributed by atoms with Crippen molar-refractivity contribution >= 4 is 18.4 Å². The molecular weight excluding hydrogens is 231 g/mol. The van der Waals surface area contributed by atoms with E-state index in [1.54, 1.807) is 0 Å². The van der Waals surface area contributed by atoms with Crippen LogP contribution in [0.4, 0.5) is 10.3 Å². The number of fused-ring (bicyclic) bond motifs is 2. The molecule has 0 aromatic carbocycles. The number of rotatable bonds is 1. The van der Waals surface area contributed by atoms with Gasteiger partial charge in [0.2, 0.25) is 5.95 Å². The van der Waals surface area contributed by atoms with Gasteiger partial charge in [-0.15, -0.1) is 12.4 Å². The molecule has 2 atom stereocenters. The molecule has 2 aliphatic heterocycles. The van der Waals surface area contributed by atoms with E-state index in [9.17, 15) is 4.39 Å². The van der Waals surface area contributed by atoms with Crippen molar-refractivity contribution < 1.29 is 4.39 Å². The van der Waals surface area contributed by atoms with E-state index in [4.69, 9.17) is 0 Å². The first-order valence-corrected chi connectivity index (χ1v) is 5.31. The van der Waals surface area contributed by atoms with Crippen molar-refractivity contribution in [3.8, 4) is 0 Å². The fourth-order valence-corrected chi connectivity index (χ4v) is 2.54. The molecule has 3 rings (SSSR count). The minimum atomic E-state index is -0.374. The number of halogens is 2. The molecule has 2 saturated heterocycles. The summed E-state index contributed by atoms with van der Waals surface area (Å²) in [6.07, 6.45) is 4.84. The Morgan fingerprint density at radius 1 is 1.19 bits per heavy atom. The molecule has 1 aromatic heterocycles. The van der Waals surface area contributed by atoms with Crippen LogP contribution in [0.15, 0.2) is 12.4 Å². The normalized spacial score (nSPS) is 27.7. The molecule has 2 bridgehead atoms. The van der Waals surface area contributed by atoms with Crippen LogP contribution in [-0.2, 0) is 0 Å². The maximum Gasteiger partial charge on any atom is 0.226 e. The summed E-state index contributed by atoms with van der Waals surface area (Å²) in [7, 11) is 0. The van der Waals surface area contributed by atoms with E-state index in [1.807, 2.05) is 0 Å². The highest BCUT2D eigenvalue weighted by Crippen LogP contribution is 2.29. The van der Waals surface area contributed by atoms with Gasteiger partial charge in [0.1, 0.15) is 0 Å². The molecule has 16 heavy (non-hydrogen) atoms. The van der Waals surface area contributed by atoms with E-state index in [0.717, 1.165) is 13.1 Å². The Labute approximate surface area is 99.7 Å². The third-order valence-corrected chi connectivity index (χ3v) is 3.22. The van der Waals surface area contributed by atoms with Gasteiger partial charge in [0, 0.05) is 25.2 Å². The summed E-state index contributed by atoms with van der Waals surface area (Å²) in [4.78, 5) is 10.3. The summed E-state index contributed by atoms with van der Waals surface area (Å²) < 4.78 is 12.7. The van der Waals surface area contributed by atoms with Crippen LogP contribution in [-0.4, -0.2) is 35.1 Å². The number of hydrogen-bond donors (Lipinski definition) is 1. The van der Waals surface area contributed by atoms with Crippen molar-refractivity contribution in [1.29, 1.82) is 0 Å². The lowest BCUT2D eigenvalue weighted by molar-refractivity contribution is 0.475. The molecule has 6 heteroatoms. The predicted octanol–water partition coefficient (Wildman–Crippen LogP) is 0.978. The van der Waals surface area contributed by atoms with Gasteiger partial charge in [0.25, 0.3) is 0 Å². The third kappa shape index (κ3) is 1.85. The van der Waals surface area contributed by atoms with Crippen LogP contribution < -0.4 is 10.2 Å². The quantitative estimate of drug-likeness (QED) is 0.800. The van der Waals surface area contributed by atoms with Crippen LogP contribution in [0.1, 0.15) is 12.8 Å². The zero-order valence-electron chi connectivity index (χ0n) is 8.77. The molecule has 1 N–H and O–H groups in total. The van der Waals surface area contributed by atoms with Crippen molar-refractivity contribution in [2.24, 2.45) is 0 Å². The van der Waals surface area contributed by atoms with Crippen LogP contribution in [0.5, 0.6) is 0 Å². The van der Waals surface area contributed by atoms with Crippen molar-refractivity contribution in [3.63, 3.8) is 0 Å². The largest absolute Gasteiger partial charge is 0.332 e. The first-order chi connectivity index (χ1) is 7.34. The van der Waals surface area contributed by atoms with Gasteiger partial charge in [-0.05, 0) is 12.8 Å². The Balaban J connectivity index is 0.000000963. The lowest BCUT2D eigenvalue weighted by atomic mass is 10.2. The molecule has 2 aliphatic rings. The fraction of sp³-hybridized carbons (Fsp3) is 0.600. The van der Waals surface area contributed by atoms with Gasteiger partial charge in [-0.25, -0.2) is 14.4 Å². The Morgan fingerprint density at radius 3 is 2.31 bits per heavy atom. The SMILES string of the molecule is Cl.Fc1cnc(N2C3CCC2CNC3)nc1. The summed E-state index contributed by atoms with van der Waals surface area (Å²) in [6.45, 7) is 1.97. The number of anilines is 1. The first-order valence-electron chi connectivity index (χ1n) is 5.31. The Bertz CT molecular complexity index is 342. The molecule has 2 fully saturated rings. The number of nitrogens with zero attached hydrogens (tertiary/aromatic N) is 3. The summed E-state index contributed by atoms with van der Waals surface area (Å²) in [5, 5.41) is 3.39. The monoisotopic (exact) mass is 244 g/mol. The highest BCUT2D eigenvalue weighted by molar-refractivity contribution is 5.85. The Morgan fingerprint density at radius 2 is 1.75 bits per heavy atom. The second kappa shape index (κ2) is 4.51. The van der Waals surface area contributed by atoms with Crippen LogP contribution in [0.3, 0.4) is 0 Å². The Kier molecular flexibility index (Phi) is 3.25. The van der Waals surface area contributed by atoms with Crippen LogP contribution in [0.25, 0.3) is 0 Å². The molecule has 0 spiro atoms. The summed E-state index contributed by atoms with van der Waals surface area (Å²) in [5.41, 5.74) is 0. The van der Waals surface area contributed by atoms with E-state index >= 15 is 0 Å². The fourth-order valence-electron chi connectivity index (χ4n) is 2.54. The summed E-state index contributed by atoms with van der Waals surface area (Å²) >= 11 is 0. The second-order valence-corrected chi connectivity index (χ2v) is 4.15. The highest BCUT2D eigenvalue weighted by Gasteiger charge is 2.37. The molecule has 88 valence electrons. The Hall–Kier alpha value is -0.940. The van der Waals surface area contributed by atoms with Gasteiger partial charge in [0.05, 0.1) is 12.4 Å². The third-order valence-electron chi connectivity index (χ3n) is 3.22. The maximum atomic E-state index is 12.7. The smallest absolute Gasteiger partial charge is 0.226 e. The van der Waals surface area contributed by atoms with Gasteiger partial charge in [-0.3, -0.25) is 0 Å². The average Bonchev–Trinajstić information content (AvgIpc) is 2.51. The molecule has 0 radical (unpaired) electrons. The number of hydrogen-bond acceptors (Lipinski definition) is 4. The molecular formula is C10H14ClFN4. The number of piperazine rings is 1. The molecule has 4 nitrogen and oxygen atoms in total. The maximum absolute atomic E-state index is 12.7. The lowest BCUT2D eigenvalue weighted by Gasteiger charge is -2.35. The minimum Gasteiger partial charge on any atom is -0.332 e. The van der Waals surface area contributed by atoms with E-state index in [0.29, 0.717) is 18.0 Å². The van der Waals surface area contributed by atoms with Crippen LogP contribution in [0.2, 0.25) is 0 Å². The van der Waals surface area contributed by atoms with E-state index < -0.39 is 0 Å². The minimum absolute atomic E-state index is 0. The van der Waals surface area contributed by atoms with E-state index in [2.05, 4.69) is 20.2 Å². The second-order valence-electron chi connectivity index (χ2n) is 4.15. The van der Waals surface area contributed by atoms with Gasteiger partial charge in [-0.2, -0.15) is 0 Å². The molecule has 0 aliphatic carbocycles. The van der Waals surface area contributed by atoms with Crippen molar-refractivity contribution in [2.45, 2.75) is 24.9 Å². The predicted molar refractivity (Wildman–Crippen MR) is 61.4 cm³/mol. The molecule has 3 heterocycles. The van der Waals surface area contributed by atoms with Crippen molar-refractivity contribution in [1.82, 2.24) is 15.3 Å². The van der Waals surface area contributed by atoms with E-state index in [1.165, 1.54) is 25.2 Å².